The molecule has 2 rings (SSSR count). The molecule has 0 N–H and O–H groups in total. The molecule has 8 heteroatoms. The molecule has 2 aromatic carbocycles. The molecular formula is C19H18Br6O2. The van der Waals surface area contributed by atoms with Gasteiger partial charge in [-0.15, -0.1) is 0 Å². The smallest absolute Gasteiger partial charge is 0.147 e. The summed E-state index contributed by atoms with van der Waals surface area (Å²) in [6, 6.07) is 8.47. The highest BCUT2D eigenvalue weighted by atomic mass is 79.9. The van der Waals surface area contributed by atoms with E-state index in [1.165, 1.54) is 11.1 Å². The lowest BCUT2D eigenvalue weighted by atomic mass is 9.78. The Kier molecular flexibility index (Phi) is 9.68. The maximum Gasteiger partial charge on any atom is 0.147 e. The van der Waals surface area contributed by atoms with E-state index in [1.54, 1.807) is 0 Å². The second kappa shape index (κ2) is 10.8. The molecule has 0 radical (unpaired) electrons. The quantitative estimate of drug-likeness (QED) is 0.252. The van der Waals surface area contributed by atoms with E-state index in [2.05, 4.69) is 134 Å². The van der Waals surface area contributed by atoms with Crippen molar-refractivity contribution in [2.75, 3.05) is 23.9 Å². The Morgan fingerprint density at radius 2 is 0.963 bits per heavy atom. The molecule has 2 nitrogen and oxygen atoms in total. The minimum Gasteiger partial charge on any atom is -0.490 e. The maximum absolute atomic E-state index is 5.81. The summed E-state index contributed by atoms with van der Waals surface area (Å²) in [7, 11) is 0. The Bertz CT molecular complexity index is 695. The molecule has 0 saturated carbocycles. The minimum atomic E-state index is -0.224. The molecule has 0 aliphatic carbocycles. The Morgan fingerprint density at radius 1 is 0.667 bits per heavy atom. The van der Waals surface area contributed by atoms with E-state index >= 15 is 0 Å². The highest BCUT2D eigenvalue weighted by Gasteiger charge is 2.27. The zero-order valence-corrected chi connectivity index (χ0v) is 24.2. The summed E-state index contributed by atoms with van der Waals surface area (Å²) < 4.78 is 15.3. The maximum atomic E-state index is 5.81. The van der Waals surface area contributed by atoms with E-state index in [-0.39, 0.29) is 5.41 Å². The van der Waals surface area contributed by atoms with E-state index in [4.69, 9.17) is 9.47 Å². The van der Waals surface area contributed by atoms with E-state index in [1.807, 2.05) is 0 Å². The zero-order chi connectivity index (χ0) is 20.2. The number of halogens is 6. The number of alkyl halides is 2. The number of hydrogen-bond donors (Lipinski definition) is 0. The van der Waals surface area contributed by atoms with Crippen LogP contribution in [0.15, 0.2) is 42.2 Å². The van der Waals surface area contributed by atoms with Crippen molar-refractivity contribution in [1.29, 1.82) is 0 Å². The summed E-state index contributed by atoms with van der Waals surface area (Å²) in [5, 5.41) is 1.56. The number of rotatable bonds is 8. The van der Waals surface area contributed by atoms with Gasteiger partial charge in [-0.25, -0.2) is 0 Å². The van der Waals surface area contributed by atoms with E-state index in [9.17, 15) is 0 Å². The molecule has 0 aliphatic heterocycles. The van der Waals surface area contributed by atoms with Crippen molar-refractivity contribution in [3.05, 3.63) is 53.3 Å². The number of benzene rings is 2. The van der Waals surface area contributed by atoms with Crippen molar-refractivity contribution in [2.24, 2.45) is 0 Å². The van der Waals surface area contributed by atoms with Crippen molar-refractivity contribution in [1.82, 2.24) is 0 Å². The third-order valence-corrected chi connectivity index (χ3v) is 7.09. The first-order chi connectivity index (χ1) is 12.7. The van der Waals surface area contributed by atoms with Gasteiger partial charge in [-0.3, -0.25) is 0 Å². The van der Waals surface area contributed by atoms with Crippen LogP contribution in [-0.4, -0.2) is 23.9 Å². The average Bonchev–Trinajstić information content (AvgIpc) is 2.60. The van der Waals surface area contributed by atoms with Crippen molar-refractivity contribution < 1.29 is 9.47 Å². The standard InChI is InChI=1S/C19H18Br6O2/c1-19(2,11-7-13(22)17(14(23)8-11)26-5-3-20)12-9-15(24)18(16(25)10-12)27-6-4-21/h7-10H,3-6H2,1-2H3. The molecule has 0 heterocycles. The summed E-state index contributed by atoms with van der Waals surface area (Å²) in [4.78, 5) is 0. The zero-order valence-electron chi connectivity index (χ0n) is 14.7. The van der Waals surface area contributed by atoms with Gasteiger partial charge >= 0.3 is 0 Å². The van der Waals surface area contributed by atoms with Crippen molar-refractivity contribution >= 4 is 95.6 Å². The number of hydrogen-bond acceptors (Lipinski definition) is 2. The van der Waals surface area contributed by atoms with Crippen LogP contribution < -0.4 is 9.47 Å². The molecule has 0 atom stereocenters. The fourth-order valence-electron chi connectivity index (χ4n) is 2.57. The van der Waals surface area contributed by atoms with Crippen LogP contribution in [0.2, 0.25) is 0 Å². The lowest BCUT2D eigenvalue weighted by molar-refractivity contribution is 0.340. The van der Waals surface area contributed by atoms with Gasteiger partial charge in [0.05, 0.1) is 31.1 Å². The van der Waals surface area contributed by atoms with E-state index < -0.39 is 0 Å². The third kappa shape index (κ3) is 5.97. The molecule has 148 valence electrons. The Balaban J connectivity index is 2.43. The summed E-state index contributed by atoms with van der Waals surface area (Å²) in [6.45, 7) is 5.62. The highest BCUT2D eigenvalue weighted by molar-refractivity contribution is 9.11. The van der Waals surface area contributed by atoms with Gasteiger partial charge in [-0.1, -0.05) is 45.7 Å². The first-order valence-electron chi connectivity index (χ1n) is 8.09. The second-order valence-electron chi connectivity index (χ2n) is 6.24. The van der Waals surface area contributed by atoms with Crippen LogP contribution in [0.25, 0.3) is 0 Å². The fraction of sp³-hybridized carbons (Fsp3) is 0.368. The molecule has 0 bridgehead atoms. The normalized spacial score (nSPS) is 11.6. The predicted octanol–water partition coefficient (Wildman–Crippen LogP) is 8.61. The Labute approximate surface area is 210 Å². The molecule has 2 aromatic rings. The molecule has 0 unspecified atom stereocenters. The van der Waals surface area contributed by atoms with Gasteiger partial charge < -0.3 is 9.47 Å². The van der Waals surface area contributed by atoms with Crippen LogP contribution in [0.5, 0.6) is 11.5 Å². The SMILES string of the molecule is CC(C)(c1cc(Br)c(OCCBr)c(Br)c1)c1cc(Br)c(OCCBr)c(Br)c1. The van der Waals surface area contributed by atoms with Crippen LogP contribution in [0.4, 0.5) is 0 Å². The monoisotopic (exact) mass is 752 g/mol. The average molecular weight is 758 g/mol. The summed E-state index contributed by atoms with van der Waals surface area (Å²) >= 11 is 21.4. The topological polar surface area (TPSA) is 18.5 Å². The van der Waals surface area contributed by atoms with Crippen LogP contribution in [0.1, 0.15) is 25.0 Å². The summed E-state index contributed by atoms with van der Waals surface area (Å²) in [5.74, 6) is 1.63. The molecule has 0 amide bonds. The largest absolute Gasteiger partial charge is 0.490 e. The van der Waals surface area contributed by atoms with Gasteiger partial charge in [0.2, 0.25) is 0 Å². The molecule has 0 fully saturated rings. The summed E-state index contributed by atoms with van der Waals surface area (Å²) in [6.07, 6.45) is 0. The molecule has 0 spiro atoms. The van der Waals surface area contributed by atoms with Gasteiger partial charge in [0.1, 0.15) is 11.5 Å². The first-order valence-corrected chi connectivity index (χ1v) is 13.5. The van der Waals surface area contributed by atoms with Crippen LogP contribution >= 0.6 is 95.6 Å². The molecule has 0 aromatic heterocycles. The molecule has 27 heavy (non-hydrogen) atoms. The van der Waals surface area contributed by atoms with Gasteiger partial charge in [0.15, 0.2) is 0 Å². The molecule has 0 aliphatic rings. The van der Waals surface area contributed by atoms with Crippen molar-refractivity contribution in [3.8, 4) is 11.5 Å². The van der Waals surface area contributed by atoms with Gasteiger partial charge in [-0.2, -0.15) is 0 Å². The van der Waals surface area contributed by atoms with Crippen molar-refractivity contribution in [3.63, 3.8) is 0 Å². The lowest BCUT2D eigenvalue weighted by Gasteiger charge is -2.28. The third-order valence-electron chi connectivity index (χ3n) is 4.09. The Morgan fingerprint density at radius 3 is 1.22 bits per heavy atom. The lowest BCUT2D eigenvalue weighted by Crippen LogP contribution is -2.19. The van der Waals surface area contributed by atoms with E-state index in [0.717, 1.165) is 40.1 Å². The summed E-state index contributed by atoms with van der Waals surface area (Å²) in [5.41, 5.74) is 2.11. The molecule has 0 saturated heterocycles. The number of ether oxygens (including phenoxy) is 2. The second-order valence-corrected chi connectivity index (χ2v) is 11.2. The fourth-order valence-corrected chi connectivity index (χ4v) is 5.72. The molecular weight excluding hydrogens is 740 g/mol. The predicted molar refractivity (Wildman–Crippen MR) is 134 cm³/mol. The van der Waals surface area contributed by atoms with Gasteiger partial charge in [0, 0.05) is 16.1 Å². The van der Waals surface area contributed by atoms with Gasteiger partial charge in [0.25, 0.3) is 0 Å². The first kappa shape index (κ1) is 24.2. The van der Waals surface area contributed by atoms with Crippen molar-refractivity contribution in [2.45, 2.75) is 19.3 Å². The van der Waals surface area contributed by atoms with Gasteiger partial charge in [-0.05, 0) is 99.1 Å². The van der Waals surface area contributed by atoms with Crippen LogP contribution in [0.3, 0.4) is 0 Å². The van der Waals surface area contributed by atoms with Crippen LogP contribution in [-0.2, 0) is 5.41 Å². The Hall–Kier alpha value is 0.920. The van der Waals surface area contributed by atoms with E-state index in [0.29, 0.717) is 13.2 Å². The minimum absolute atomic E-state index is 0.224. The van der Waals surface area contributed by atoms with Crippen LogP contribution in [0, 0.1) is 0 Å². The highest BCUT2D eigenvalue weighted by Crippen LogP contribution is 2.44.